The molecule has 1 rings (SSSR count). The van der Waals surface area contributed by atoms with Crippen LogP contribution < -0.4 is 4.74 Å². The van der Waals surface area contributed by atoms with Crippen molar-refractivity contribution >= 4 is 6.08 Å². The van der Waals surface area contributed by atoms with Gasteiger partial charge in [0.1, 0.15) is 5.75 Å². The zero-order valence-corrected chi connectivity index (χ0v) is 10.8. The Morgan fingerprint density at radius 1 is 1.22 bits per heavy atom. The molecule has 0 aliphatic rings. The second-order valence-electron chi connectivity index (χ2n) is 4.16. The van der Waals surface area contributed by atoms with Crippen molar-refractivity contribution < 1.29 is 9.84 Å². The number of para-hydroxylation sites is 1. The first kappa shape index (κ1) is 14.3. The van der Waals surface area contributed by atoms with E-state index in [0.29, 0.717) is 12.8 Å². The number of ether oxygens (including phenoxy) is 1. The van der Waals surface area contributed by atoms with Crippen molar-refractivity contribution in [3.63, 3.8) is 0 Å². The molecule has 1 N–H and O–H groups in total. The maximum Gasteiger partial charge on any atom is 0.126 e. The first-order valence-corrected chi connectivity index (χ1v) is 5.91. The van der Waals surface area contributed by atoms with E-state index in [0.717, 1.165) is 11.3 Å². The predicted molar refractivity (Wildman–Crippen MR) is 76.6 cm³/mol. The van der Waals surface area contributed by atoms with Crippen LogP contribution >= 0.6 is 0 Å². The number of aliphatic hydroxyl groups is 1. The van der Waals surface area contributed by atoms with E-state index in [1.807, 2.05) is 30.3 Å². The van der Waals surface area contributed by atoms with E-state index in [-0.39, 0.29) is 0 Å². The largest absolute Gasteiger partial charge is 0.496 e. The zero-order chi connectivity index (χ0) is 13.4. The Hall–Kier alpha value is -1.80. The Balaban J connectivity index is 2.95. The lowest BCUT2D eigenvalue weighted by Crippen LogP contribution is -2.23. The minimum atomic E-state index is -0.926. The van der Waals surface area contributed by atoms with Crippen molar-refractivity contribution in [3.8, 4) is 5.75 Å². The molecule has 0 amide bonds. The van der Waals surface area contributed by atoms with Gasteiger partial charge in [-0.2, -0.15) is 0 Å². The summed E-state index contributed by atoms with van der Waals surface area (Å²) in [6.07, 6.45) is 8.03. The van der Waals surface area contributed by atoms with Gasteiger partial charge in [0.25, 0.3) is 0 Å². The maximum absolute atomic E-state index is 10.4. The van der Waals surface area contributed by atoms with E-state index in [2.05, 4.69) is 13.2 Å². The Morgan fingerprint density at radius 3 is 2.39 bits per heavy atom. The van der Waals surface area contributed by atoms with Gasteiger partial charge in [-0.15, -0.1) is 13.2 Å². The van der Waals surface area contributed by atoms with E-state index in [1.54, 1.807) is 25.3 Å². The van der Waals surface area contributed by atoms with Crippen LogP contribution in [-0.2, 0) is 0 Å². The van der Waals surface area contributed by atoms with Crippen molar-refractivity contribution in [1.29, 1.82) is 0 Å². The molecule has 0 spiro atoms. The Morgan fingerprint density at radius 2 is 1.83 bits per heavy atom. The average molecular weight is 244 g/mol. The Bertz CT molecular complexity index is 422. The molecule has 0 aliphatic carbocycles. The third-order valence-corrected chi connectivity index (χ3v) is 2.71. The molecule has 0 bridgehead atoms. The van der Waals surface area contributed by atoms with Crippen LogP contribution in [0.5, 0.6) is 5.75 Å². The van der Waals surface area contributed by atoms with Gasteiger partial charge < -0.3 is 9.84 Å². The van der Waals surface area contributed by atoms with Crippen LogP contribution in [0.1, 0.15) is 18.4 Å². The maximum atomic E-state index is 10.4. The number of benzene rings is 1. The van der Waals surface area contributed by atoms with Gasteiger partial charge in [-0.05, 0) is 18.9 Å². The van der Waals surface area contributed by atoms with Crippen molar-refractivity contribution in [2.75, 3.05) is 7.11 Å². The lowest BCUT2D eigenvalue weighted by Gasteiger charge is -2.21. The summed E-state index contributed by atoms with van der Waals surface area (Å²) in [6, 6.07) is 7.68. The van der Waals surface area contributed by atoms with E-state index in [4.69, 9.17) is 4.74 Å². The van der Waals surface area contributed by atoms with Gasteiger partial charge in [-0.3, -0.25) is 0 Å². The molecule has 0 fully saturated rings. The third-order valence-electron chi connectivity index (χ3n) is 2.71. The van der Waals surface area contributed by atoms with Crippen LogP contribution in [-0.4, -0.2) is 17.8 Å². The van der Waals surface area contributed by atoms with Crippen LogP contribution in [0.4, 0.5) is 0 Å². The monoisotopic (exact) mass is 244 g/mol. The van der Waals surface area contributed by atoms with Gasteiger partial charge in [0, 0.05) is 5.56 Å². The first-order chi connectivity index (χ1) is 8.65. The molecule has 0 heterocycles. The van der Waals surface area contributed by atoms with Crippen LogP contribution in [0.15, 0.2) is 55.7 Å². The number of hydrogen-bond donors (Lipinski definition) is 1. The molecule has 1 aromatic carbocycles. The molecular formula is C16H20O2. The van der Waals surface area contributed by atoms with E-state index in [1.165, 1.54) is 0 Å². The topological polar surface area (TPSA) is 29.5 Å². The van der Waals surface area contributed by atoms with Crippen LogP contribution in [0.25, 0.3) is 6.08 Å². The molecule has 0 aromatic heterocycles. The highest BCUT2D eigenvalue weighted by atomic mass is 16.5. The van der Waals surface area contributed by atoms with Crippen molar-refractivity contribution in [2.24, 2.45) is 0 Å². The summed E-state index contributed by atoms with van der Waals surface area (Å²) in [7, 11) is 1.63. The molecule has 2 nitrogen and oxygen atoms in total. The molecule has 0 atom stereocenters. The molecule has 0 aliphatic heterocycles. The summed E-state index contributed by atoms with van der Waals surface area (Å²) in [6.45, 7) is 7.33. The van der Waals surface area contributed by atoms with Gasteiger partial charge >= 0.3 is 0 Å². The first-order valence-electron chi connectivity index (χ1n) is 5.91. The fourth-order valence-corrected chi connectivity index (χ4v) is 1.77. The quantitative estimate of drug-likeness (QED) is 0.743. The number of hydrogen-bond acceptors (Lipinski definition) is 2. The summed E-state index contributed by atoms with van der Waals surface area (Å²) < 4.78 is 5.26. The van der Waals surface area contributed by atoms with Crippen molar-refractivity contribution in [1.82, 2.24) is 0 Å². The number of rotatable bonds is 7. The standard InChI is InChI=1S/C16H20O2/c1-4-11-16(17,12-5-2)13-10-14-8-6-7-9-15(14)18-3/h4-10,13,17H,1-2,11-12H2,3H3/b13-10+. The van der Waals surface area contributed by atoms with Gasteiger partial charge in [0.15, 0.2) is 0 Å². The summed E-state index contributed by atoms with van der Waals surface area (Å²) in [4.78, 5) is 0. The molecule has 0 unspecified atom stereocenters. The van der Waals surface area contributed by atoms with Gasteiger partial charge in [-0.1, -0.05) is 42.5 Å². The molecule has 96 valence electrons. The van der Waals surface area contributed by atoms with Gasteiger partial charge in [0.05, 0.1) is 12.7 Å². The second-order valence-corrected chi connectivity index (χ2v) is 4.16. The highest BCUT2D eigenvalue weighted by Gasteiger charge is 2.19. The minimum absolute atomic E-state index is 0.491. The second kappa shape index (κ2) is 6.82. The third kappa shape index (κ3) is 3.90. The Kier molecular flexibility index (Phi) is 5.40. The average Bonchev–Trinajstić information content (AvgIpc) is 2.37. The van der Waals surface area contributed by atoms with Gasteiger partial charge in [0.2, 0.25) is 0 Å². The lowest BCUT2D eigenvalue weighted by atomic mass is 9.94. The fourth-order valence-electron chi connectivity index (χ4n) is 1.77. The highest BCUT2D eigenvalue weighted by Crippen LogP contribution is 2.23. The van der Waals surface area contributed by atoms with Crippen LogP contribution in [0.3, 0.4) is 0 Å². The van der Waals surface area contributed by atoms with Crippen molar-refractivity contribution in [3.05, 3.63) is 61.2 Å². The Labute approximate surface area is 109 Å². The predicted octanol–water partition coefficient (Wildman–Crippen LogP) is 3.59. The molecule has 1 aromatic rings. The van der Waals surface area contributed by atoms with Gasteiger partial charge in [-0.25, -0.2) is 0 Å². The van der Waals surface area contributed by atoms with E-state index >= 15 is 0 Å². The molecule has 2 heteroatoms. The van der Waals surface area contributed by atoms with Crippen molar-refractivity contribution in [2.45, 2.75) is 18.4 Å². The summed E-state index contributed by atoms with van der Waals surface area (Å²) in [5, 5.41) is 10.4. The van der Waals surface area contributed by atoms with Crippen LogP contribution in [0, 0.1) is 0 Å². The summed E-state index contributed by atoms with van der Waals surface area (Å²) >= 11 is 0. The van der Waals surface area contributed by atoms with E-state index in [9.17, 15) is 5.11 Å². The fraction of sp³-hybridized carbons (Fsp3) is 0.250. The zero-order valence-electron chi connectivity index (χ0n) is 10.8. The molecule has 0 saturated heterocycles. The molecular weight excluding hydrogens is 224 g/mol. The molecule has 18 heavy (non-hydrogen) atoms. The minimum Gasteiger partial charge on any atom is -0.496 e. The SMILES string of the molecule is C=CCC(O)(/C=C/c1ccccc1OC)CC=C. The van der Waals surface area contributed by atoms with E-state index < -0.39 is 5.60 Å². The van der Waals surface area contributed by atoms with Crippen LogP contribution in [0.2, 0.25) is 0 Å². The molecule has 0 saturated carbocycles. The summed E-state index contributed by atoms with van der Waals surface area (Å²) in [5.41, 5.74) is 0.0104. The normalized spacial score (nSPS) is 11.4. The smallest absolute Gasteiger partial charge is 0.126 e. The molecule has 0 radical (unpaired) electrons. The summed E-state index contributed by atoms with van der Waals surface area (Å²) in [5.74, 6) is 0.785. The number of methoxy groups -OCH3 is 1. The highest BCUT2D eigenvalue weighted by molar-refractivity contribution is 5.58. The lowest BCUT2D eigenvalue weighted by molar-refractivity contribution is 0.0986.